The summed E-state index contributed by atoms with van der Waals surface area (Å²) >= 11 is 9.80. The largest absolute Gasteiger partial charge is 0.455 e. The highest BCUT2D eigenvalue weighted by atomic mass is 79.9. The molecule has 3 amide bonds. The Kier molecular flexibility index (Phi) is 10.1. The highest BCUT2D eigenvalue weighted by Crippen LogP contribution is 2.59. The summed E-state index contributed by atoms with van der Waals surface area (Å²) < 4.78 is 13.3. The molecule has 0 aromatic heterocycles. The number of halogens is 2. The summed E-state index contributed by atoms with van der Waals surface area (Å²) in [4.78, 5) is 59.9. The standard InChI is InChI=1S/C36H39BrClN3O7/c1-3-21(2)26(20-42)41-32-34(45)40(24-15-13-23(38)14-16-24)17-9-5-8-12-28(43)39-19-27(22-10-6-4-7-11-22)47-35(46)29-30(33(41)44)36(32)18-25(37)31(29)48-36/h4-7,9-11,13-16,18,21,26-27,29-32,42H,3,8,12,17,19-20H2,1-2H3,(H,39,43)/b9-5-/t21-,26-,27+,29+,30-,31+,32+,36-/m0/s1. The molecular formula is C36H39BrClN3O7. The number of hydrogen-bond acceptors (Lipinski definition) is 7. The lowest BCUT2D eigenvalue weighted by Crippen LogP contribution is -2.59. The van der Waals surface area contributed by atoms with Gasteiger partial charge in [0, 0.05) is 28.2 Å². The molecule has 6 rings (SSSR count). The Balaban J connectivity index is 1.49. The number of nitrogens with one attached hydrogen (secondary N) is 1. The minimum Gasteiger partial charge on any atom is -0.455 e. The van der Waals surface area contributed by atoms with Crippen LogP contribution in [-0.2, 0) is 28.7 Å². The van der Waals surface area contributed by atoms with Crippen molar-refractivity contribution in [1.82, 2.24) is 10.2 Å². The lowest BCUT2D eigenvalue weighted by atomic mass is 9.74. The van der Waals surface area contributed by atoms with E-state index in [4.69, 9.17) is 21.1 Å². The Morgan fingerprint density at radius 2 is 1.79 bits per heavy atom. The molecule has 0 saturated carbocycles. The van der Waals surface area contributed by atoms with Crippen LogP contribution in [0.1, 0.15) is 44.8 Å². The van der Waals surface area contributed by atoms with Crippen LogP contribution in [0.3, 0.4) is 0 Å². The summed E-state index contributed by atoms with van der Waals surface area (Å²) in [6.07, 6.45) is 4.94. The van der Waals surface area contributed by atoms with Crippen LogP contribution in [0.5, 0.6) is 0 Å². The number of cyclic esters (lactones) is 1. The quantitative estimate of drug-likeness (QED) is 0.325. The Bertz CT molecular complexity index is 1620. The number of carbonyl (C=O) groups excluding carboxylic acids is 4. The predicted octanol–water partition coefficient (Wildman–Crippen LogP) is 4.70. The van der Waals surface area contributed by atoms with Crippen LogP contribution in [0.2, 0.25) is 5.02 Å². The number of anilines is 1. The van der Waals surface area contributed by atoms with Gasteiger partial charge in [-0.05, 0) is 48.2 Å². The number of likely N-dealkylation sites (tertiary alicyclic amines) is 1. The molecule has 254 valence electrons. The number of amides is 3. The van der Waals surface area contributed by atoms with Crippen LogP contribution in [0.15, 0.2) is 77.3 Å². The van der Waals surface area contributed by atoms with Gasteiger partial charge in [0.1, 0.15) is 29.8 Å². The second-order valence-electron chi connectivity index (χ2n) is 12.8. The highest BCUT2D eigenvalue weighted by molar-refractivity contribution is 9.11. The van der Waals surface area contributed by atoms with E-state index in [0.29, 0.717) is 33.6 Å². The zero-order chi connectivity index (χ0) is 34.2. The van der Waals surface area contributed by atoms with Gasteiger partial charge in [-0.1, -0.05) is 90.3 Å². The van der Waals surface area contributed by atoms with Gasteiger partial charge >= 0.3 is 5.97 Å². The van der Waals surface area contributed by atoms with Crippen LogP contribution in [0.25, 0.3) is 0 Å². The second kappa shape index (κ2) is 14.2. The average molecular weight is 741 g/mol. The summed E-state index contributed by atoms with van der Waals surface area (Å²) in [6, 6.07) is 14.0. The summed E-state index contributed by atoms with van der Waals surface area (Å²) in [7, 11) is 0. The molecule has 2 fully saturated rings. The first-order chi connectivity index (χ1) is 23.1. The van der Waals surface area contributed by atoms with E-state index in [1.165, 1.54) is 4.90 Å². The van der Waals surface area contributed by atoms with Crippen LogP contribution < -0.4 is 10.2 Å². The molecule has 0 aliphatic carbocycles. The third-order valence-corrected chi connectivity index (χ3v) is 11.0. The molecule has 5 bridgehead atoms. The molecule has 1 spiro atoms. The van der Waals surface area contributed by atoms with Crippen molar-refractivity contribution in [1.29, 1.82) is 0 Å². The molecule has 12 heteroatoms. The number of fused-ring (bicyclic) bond motifs is 2. The fraction of sp³-hybridized carbons (Fsp3) is 0.444. The third-order valence-electron chi connectivity index (χ3n) is 10.0. The maximum absolute atomic E-state index is 15.1. The zero-order valence-electron chi connectivity index (χ0n) is 26.8. The van der Waals surface area contributed by atoms with Crippen molar-refractivity contribution < 1.29 is 33.8 Å². The van der Waals surface area contributed by atoms with Crippen molar-refractivity contribution in [3.8, 4) is 0 Å². The number of hydrogen-bond donors (Lipinski definition) is 2. The predicted molar refractivity (Wildman–Crippen MR) is 183 cm³/mol. The number of ether oxygens (including phenoxy) is 2. The van der Waals surface area contributed by atoms with Gasteiger partial charge < -0.3 is 29.7 Å². The fourth-order valence-corrected chi connectivity index (χ4v) is 8.25. The molecule has 4 aliphatic rings. The van der Waals surface area contributed by atoms with Gasteiger partial charge in [0.05, 0.1) is 25.1 Å². The number of aliphatic hydroxyl groups is 1. The van der Waals surface area contributed by atoms with E-state index in [-0.39, 0.29) is 37.9 Å². The van der Waals surface area contributed by atoms with Crippen LogP contribution >= 0.6 is 27.5 Å². The number of aliphatic hydroxyl groups excluding tert-OH is 1. The van der Waals surface area contributed by atoms with E-state index < -0.39 is 59.5 Å². The van der Waals surface area contributed by atoms with Gasteiger partial charge in [-0.25, -0.2) is 0 Å². The fourth-order valence-electron chi connectivity index (χ4n) is 7.39. The molecule has 4 heterocycles. The first-order valence-corrected chi connectivity index (χ1v) is 17.5. The topological polar surface area (TPSA) is 125 Å². The molecule has 2 aromatic carbocycles. The summed E-state index contributed by atoms with van der Waals surface area (Å²) in [5.74, 6) is -4.13. The van der Waals surface area contributed by atoms with Crippen LogP contribution in [-0.4, -0.2) is 77.2 Å². The number of benzene rings is 2. The van der Waals surface area contributed by atoms with E-state index in [2.05, 4.69) is 21.2 Å². The minimum atomic E-state index is -1.51. The molecule has 48 heavy (non-hydrogen) atoms. The van der Waals surface area contributed by atoms with Gasteiger partial charge in [-0.15, -0.1) is 0 Å². The Labute approximate surface area is 293 Å². The zero-order valence-corrected chi connectivity index (χ0v) is 29.1. The van der Waals surface area contributed by atoms with Crippen molar-refractivity contribution in [3.63, 3.8) is 0 Å². The highest BCUT2D eigenvalue weighted by Gasteiger charge is 2.75. The second-order valence-corrected chi connectivity index (χ2v) is 14.1. The van der Waals surface area contributed by atoms with Gasteiger partial charge in [-0.3, -0.25) is 19.2 Å². The van der Waals surface area contributed by atoms with E-state index >= 15 is 4.79 Å². The average Bonchev–Trinajstić information content (AvgIpc) is 3.68. The maximum Gasteiger partial charge on any atom is 0.313 e. The molecule has 8 atom stereocenters. The number of esters is 1. The smallest absolute Gasteiger partial charge is 0.313 e. The van der Waals surface area contributed by atoms with E-state index in [1.54, 1.807) is 35.2 Å². The van der Waals surface area contributed by atoms with Gasteiger partial charge in [0.2, 0.25) is 11.8 Å². The number of allylic oxidation sites excluding steroid dienone is 1. The van der Waals surface area contributed by atoms with Crippen molar-refractivity contribution in [2.45, 2.75) is 63.0 Å². The first-order valence-electron chi connectivity index (χ1n) is 16.3. The monoisotopic (exact) mass is 739 g/mol. The number of nitrogens with zero attached hydrogens (tertiary/aromatic N) is 2. The SMILES string of the molecule is CC[C@H](C)[C@H](CO)N1C(=O)[C@@H]2[C@H]3C(=O)O[C@@H](c4ccccc4)CNC(=O)CC/C=C\CN(c4ccc(Cl)cc4)C(=O)[C@@H]1[C@]21C=C(Br)[C@H]3O1. The molecule has 2 aromatic rings. The normalized spacial score (nSPS) is 31.2. The molecule has 4 aliphatic heterocycles. The molecule has 0 radical (unpaired) electrons. The minimum absolute atomic E-state index is 0.0372. The maximum atomic E-state index is 15.1. The molecule has 2 saturated heterocycles. The lowest BCUT2D eigenvalue weighted by molar-refractivity contribution is -0.160. The van der Waals surface area contributed by atoms with Crippen molar-refractivity contribution in [3.05, 3.63) is 87.9 Å². The van der Waals surface area contributed by atoms with Crippen molar-refractivity contribution >= 4 is 56.9 Å². The van der Waals surface area contributed by atoms with E-state index in [9.17, 15) is 19.5 Å². The summed E-state index contributed by atoms with van der Waals surface area (Å²) in [5, 5.41) is 14.1. The van der Waals surface area contributed by atoms with Crippen molar-refractivity contribution in [2.75, 3.05) is 24.6 Å². The lowest BCUT2D eigenvalue weighted by Gasteiger charge is -2.40. The number of carbonyl (C=O) groups is 4. The van der Waals surface area contributed by atoms with E-state index in [0.717, 1.165) is 0 Å². The van der Waals surface area contributed by atoms with Crippen LogP contribution in [0, 0.1) is 17.8 Å². The Morgan fingerprint density at radius 3 is 2.48 bits per heavy atom. The van der Waals surface area contributed by atoms with Gasteiger partial charge in [0.25, 0.3) is 5.91 Å². The Morgan fingerprint density at radius 1 is 1.06 bits per heavy atom. The molecule has 0 unspecified atom stereocenters. The van der Waals surface area contributed by atoms with Crippen LogP contribution in [0.4, 0.5) is 5.69 Å². The summed E-state index contributed by atoms with van der Waals surface area (Å²) in [6.45, 7) is 3.67. The molecule has 2 N–H and O–H groups in total. The van der Waals surface area contributed by atoms with E-state index in [1.807, 2.05) is 56.3 Å². The third kappa shape index (κ3) is 6.10. The first kappa shape index (κ1) is 34.4. The summed E-state index contributed by atoms with van der Waals surface area (Å²) in [5.41, 5.74) is -0.292. The van der Waals surface area contributed by atoms with Crippen molar-refractivity contribution in [2.24, 2.45) is 17.8 Å². The molecule has 10 nitrogen and oxygen atoms in total. The number of rotatable bonds is 6. The van der Waals surface area contributed by atoms with Gasteiger partial charge in [0.15, 0.2) is 0 Å². The Hall–Kier alpha value is -3.51. The molecular weight excluding hydrogens is 702 g/mol. The van der Waals surface area contributed by atoms with Gasteiger partial charge in [-0.2, -0.15) is 0 Å².